The van der Waals surface area contributed by atoms with Crippen LogP contribution in [0, 0.1) is 13.8 Å². The number of ketones is 1. The number of benzene rings is 1. The molecule has 0 saturated carbocycles. The average molecular weight is 317 g/mol. The van der Waals surface area contributed by atoms with Gasteiger partial charge in [-0.25, -0.2) is 4.79 Å². The third kappa shape index (κ3) is 3.26. The Morgan fingerprint density at radius 3 is 2.48 bits per heavy atom. The van der Waals surface area contributed by atoms with E-state index in [4.69, 9.17) is 4.74 Å². The molecule has 1 heterocycles. The van der Waals surface area contributed by atoms with E-state index in [-0.39, 0.29) is 17.1 Å². The van der Waals surface area contributed by atoms with Gasteiger partial charge in [-0.1, -0.05) is 6.92 Å². The van der Waals surface area contributed by atoms with Crippen molar-refractivity contribution in [2.24, 2.45) is 0 Å². The Labute approximate surface area is 133 Å². The molecule has 0 amide bonds. The van der Waals surface area contributed by atoms with Crippen LogP contribution in [0.2, 0.25) is 0 Å². The van der Waals surface area contributed by atoms with Crippen LogP contribution in [0.25, 0.3) is 10.9 Å². The molecule has 1 N–H and O–H groups in total. The maximum Gasteiger partial charge on any atom is 0.514 e. The Kier molecular flexibility index (Phi) is 4.83. The van der Waals surface area contributed by atoms with Crippen molar-refractivity contribution in [3.05, 3.63) is 39.0 Å². The summed E-state index contributed by atoms with van der Waals surface area (Å²) in [5.41, 5.74) is 2.36. The molecular formula is C17H19NO5. The number of aromatic amines is 1. The van der Waals surface area contributed by atoms with Gasteiger partial charge in [-0.15, -0.1) is 0 Å². The summed E-state index contributed by atoms with van der Waals surface area (Å²) in [6.45, 7) is 5.59. The molecule has 0 aliphatic heterocycles. The number of hydrogen-bond donors (Lipinski definition) is 1. The van der Waals surface area contributed by atoms with Crippen molar-refractivity contribution >= 4 is 22.8 Å². The third-order valence-corrected chi connectivity index (χ3v) is 3.81. The Hall–Kier alpha value is -2.63. The second-order valence-corrected chi connectivity index (χ2v) is 5.32. The van der Waals surface area contributed by atoms with Crippen molar-refractivity contribution in [1.29, 1.82) is 0 Å². The number of methoxy groups -OCH3 is 1. The molecule has 6 nitrogen and oxygen atoms in total. The second kappa shape index (κ2) is 6.64. The first-order chi connectivity index (χ1) is 10.9. The van der Waals surface area contributed by atoms with Gasteiger partial charge in [0.15, 0.2) is 11.2 Å². The molecule has 122 valence electrons. The highest BCUT2D eigenvalue weighted by Crippen LogP contribution is 2.24. The summed E-state index contributed by atoms with van der Waals surface area (Å²) < 4.78 is 9.29. The van der Waals surface area contributed by atoms with Crippen molar-refractivity contribution < 1.29 is 19.1 Å². The second-order valence-electron chi connectivity index (χ2n) is 5.32. The molecule has 1 aromatic heterocycles. The Balaban J connectivity index is 2.65. The first-order valence-electron chi connectivity index (χ1n) is 7.35. The minimum Gasteiger partial charge on any atom is -0.437 e. The van der Waals surface area contributed by atoms with Crippen LogP contribution in [0.1, 0.15) is 41.3 Å². The monoisotopic (exact) mass is 317 g/mol. The summed E-state index contributed by atoms with van der Waals surface area (Å²) in [5, 5.41) is 0.393. The predicted molar refractivity (Wildman–Crippen MR) is 86.3 cm³/mol. The van der Waals surface area contributed by atoms with Crippen LogP contribution in [0.5, 0.6) is 5.88 Å². The number of hydrogen-bond acceptors (Lipinski definition) is 5. The first-order valence-corrected chi connectivity index (χ1v) is 7.35. The molecule has 23 heavy (non-hydrogen) atoms. The molecule has 1 aromatic carbocycles. The maximum atomic E-state index is 12.3. The zero-order valence-corrected chi connectivity index (χ0v) is 13.6. The van der Waals surface area contributed by atoms with Gasteiger partial charge in [-0.05, 0) is 37.5 Å². The van der Waals surface area contributed by atoms with E-state index in [2.05, 4.69) is 9.72 Å². The summed E-state index contributed by atoms with van der Waals surface area (Å²) in [6.07, 6.45) is 0.273. The van der Waals surface area contributed by atoms with Gasteiger partial charge < -0.3 is 14.5 Å². The fourth-order valence-corrected chi connectivity index (χ4v) is 2.47. The summed E-state index contributed by atoms with van der Waals surface area (Å²) >= 11 is 0. The SMILES string of the molecule is CCCC(=O)c1cc2c(=O)cc(OC(=O)OC)[nH]c2c(C)c1C. The first kappa shape index (κ1) is 16.7. The Morgan fingerprint density at radius 1 is 1.17 bits per heavy atom. The summed E-state index contributed by atoms with van der Waals surface area (Å²) in [5.74, 6) is 0.0220. The minimum atomic E-state index is -0.913. The van der Waals surface area contributed by atoms with Crippen molar-refractivity contribution in [2.45, 2.75) is 33.6 Å². The van der Waals surface area contributed by atoms with Crippen molar-refractivity contribution in [1.82, 2.24) is 4.98 Å². The average Bonchev–Trinajstić information content (AvgIpc) is 2.51. The molecule has 0 saturated heterocycles. The smallest absolute Gasteiger partial charge is 0.437 e. The Bertz CT molecular complexity index is 835. The lowest BCUT2D eigenvalue weighted by atomic mass is 9.94. The number of aromatic nitrogens is 1. The molecule has 0 aliphatic rings. The van der Waals surface area contributed by atoms with E-state index >= 15 is 0 Å². The number of H-pyrrole nitrogens is 1. The van der Waals surface area contributed by atoms with Crippen molar-refractivity contribution in [2.75, 3.05) is 7.11 Å². The third-order valence-electron chi connectivity index (χ3n) is 3.81. The van der Waals surface area contributed by atoms with Gasteiger partial charge in [0.05, 0.1) is 12.6 Å². The van der Waals surface area contributed by atoms with Crippen LogP contribution in [0.3, 0.4) is 0 Å². The molecule has 0 radical (unpaired) electrons. The number of pyridine rings is 1. The number of rotatable bonds is 4. The number of carbonyl (C=O) groups is 2. The van der Waals surface area contributed by atoms with Crippen molar-refractivity contribution in [3.8, 4) is 5.88 Å². The van der Waals surface area contributed by atoms with E-state index in [1.54, 1.807) is 6.07 Å². The summed E-state index contributed by atoms with van der Waals surface area (Å²) in [7, 11) is 1.18. The van der Waals surface area contributed by atoms with E-state index in [0.717, 1.165) is 17.5 Å². The lowest BCUT2D eigenvalue weighted by Gasteiger charge is -2.12. The van der Waals surface area contributed by atoms with Gasteiger partial charge in [-0.3, -0.25) is 9.59 Å². The number of fused-ring (bicyclic) bond motifs is 1. The fraction of sp³-hybridized carbons (Fsp3) is 0.353. The number of aryl methyl sites for hydroxylation is 1. The quantitative estimate of drug-likeness (QED) is 0.691. The molecule has 0 unspecified atom stereocenters. The highest BCUT2D eigenvalue weighted by molar-refractivity contribution is 6.02. The van der Waals surface area contributed by atoms with Gasteiger partial charge >= 0.3 is 6.16 Å². The largest absolute Gasteiger partial charge is 0.514 e. The van der Waals surface area contributed by atoms with Crippen LogP contribution in [0.4, 0.5) is 4.79 Å². The highest BCUT2D eigenvalue weighted by Gasteiger charge is 2.16. The van der Waals surface area contributed by atoms with Gasteiger partial charge in [0.25, 0.3) is 0 Å². The summed E-state index contributed by atoms with van der Waals surface area (Å²) in [6, 6.07) is 2.78. The van der Waals surface area contributed by atoms with Gasteiger partial charge in [0, 0.05) is 23.4 Å². The minimum absolute atomic E-state index is 0.00415. The molecule has 0 atom stereocenters. The molecule has 0 spiro atoms. The van der Waals surface area contributed by atoms with Crippen LogP contribution < -0.4 is 10.2 Å². The Morgan fingerprint density at radius 2 is 1.87 bits per heavy atom. The van der Waals surface area contributed by atoms with E-state index in [1.807, 2.05) is 20.8 Å². The summed E-state index contributed by atoms with van der Waals surface area (Å²) in [4.78, 5) is 38.6. The van der Waals surface area contributed by atoms with Crippen LogP contribution >= 0.6 is 0 Å². The molecule has 0 aliphatic carbocycles. The van der Waals surface area contributed by atoms with Gasteiger partial charge in [0.1, 0.15) is 0 Å². The highest BCUT2D eigenvalue weighted by atomic mass is 16.7. The topological polar surface area (TPSA) is 85.5 Å². The predicted octanol–water partition coefficient (Wildman–Crippen LogP) is 3.27. The molecule has 6 heteroatoms. The standard InChI is InChI=1S/C17H19NO5/c1-5-6-13(19)11-7-12-14(20)8-15(23-17(21)22-4)18-16(12)10(3)9(11)2/h7-8H,5-6H2,1-4H3,(H,18,20). The van der Waals surface area contributed by atoms with Gasteiger partial charge in [0.2, 0.25) is 5.88 Å². The maximum absolute atomic E-state index is 12.3. The molecular weight excluding hydrogens is 298 g/mol. The van der Waals surface area contributed by atoms with Crippen LogP contribution in [-0.2, 0) is 4.74 Å². The number of nitrogens with one attached hydrogen (secondary N) is 1. The van der Waals surface area contributed by atoms with E-state index < -0.39 is 6.16 Å². The van der Waals surface area contributed by atoms with E-state index in [0.29, 0.717) is 22.9 Å². The molecule has 2 rings (SSSR count). The van der Waals surface area contributed by atoms with E-state index in [1.165, 1.54) is 13.2 Å². The van der Waals surface area contributed by atoms with Crippen LogP contribution in [-0.4, -0.2) is 24.0 Å². The van der Waals surface area contributed by atoms with Crippen LogP contribution in [0.15, 0.2) is 16.9 Å². The number of ether oxygens (including phenoxy) is 2. The lowest BCUT2D eigenvalue weighted by Crippen LogP contribution is -2.13. The fourth-order valence-electron chi connectivity index (χ4n) is 2.47. The zero-order valence-electron chi connectivity index (χ0n) is 13.6. The number of Topliss-reactive ketones (excluding diaryl/α,β-unsaturated/α-hetero) is 1. The zero-order chi connectivity index (χ0) is 17.1. The molecule has 2 aromatic rings. The molecule has 0 bridgehead atoms. The van der Waals surface area contributed by atoms with Gasteiger partial charge in [-0.2, -0.15) is 0 Å². The lowest BCUT2D eigenvalue weighted by molar-refractivity contribution is 0.0981. The normalized spacial score (nSPS) is 10.6. The number of carbonyl (C=O) groups excluding carboxylic acids is 2. The molecule has 0 fully saturated rings. The van der Waals surface area contributed by atoms with E-state index in [9.17, 15) is 14.4 Å². The van der Waals surface area contributed by atoms with Crippen molar-refractivity contribution in [3.63, 3.8) is 0 Å².